The third-order valence-electron chi connectivity index (χ3n) is 3.33. The van der Waals surface area contributed by atoms with Crippen molar-refractivity contribution in [3.63, 3.8) is 0 Å². The summed E-state index contributed by atoms with van der Waals surface area (Å²) in [6.45, 7) is 6.78. The largest absolute Gasteiger partial charge is 0.314 e. The summed E-state index contributed by atoms with van der Waals surface area (Å²) in [5.74, 6) is 0. The Labute approximate surface area is 103 Å². The highest BCUT2D eigenvalue weighted by molar-refractivity contribution is 5.16. The van der Waals surface area contributed by atoms with E-state index in [9.17, 15) is 0 Å². The summed E-state index contributed by atoms with van der Waals surface area (Å²) < 4.78 is 0. The summed E-state index contributed by atoms with van der Waals surface area (Å²) in [7, 11) is 0. The van der Waals surface area contributed by atoms with Crippen LogP contribution in [0, 0.1) is 0 Å². The summed E-state index contributed by atoms with van der Waals surface area (Å²) in [6, 6.07) is 11.0. The molecule has 0 amide bonds. The molecule has 3 heteroatoms. The first-order valence-electron chi connectivity index (χ1n) is 6.20. The van der Waals surface area contributed by atoms with Gasteiger partial charge in [-0.25, -0.2) is 0 Å². The van der Waals surface area contributed by atoms with Gasteiger partial charge in [0.1, 0.15) is 0 Å². The molecular weight excluding hydrogens is 210 g/mol. The molecule has 1 aromatic carbocycles. The maximum Gasteiger partial charge on any atom is 0.0764 e. The van der Waals surface area contributed by atoms with E-state index >= 15 is 0 Å². The Hall–Kier alpha value is -1.16. The minimum atomic E-state index is -0.0363. The van der Waals surface area contributed by atoms with Crippen molar-refractivity contribution in [2.45, 2.75) is 18.6 Å². The number of piperazine rings is 1. The third kappa shape index (κ3) is 3.16. The van der Waals surface area contributed by atoms with Gasteiger partial charge in [0.05, 0.1) is 6.17 Å². The molecule has 1 aromatic rings. The fourth-order valence-corrected chi connectivity index (χ4v) is 2.38. The smallest absolute Gasteiger partial charge is 0.0764 e. The zero-order valence-corrected chi connectivity index (χ0v) is 10.2. The highest BCUT2D eigenvalue weighted by Gasteiger charge is 2.25. The minimum absolute atomic E-state index is 0.0363. The lowest BCUT2D eigenvalue weighted by Crippen LogP contribution is -2.57. The van der Waals surface area contributed by atoms with Gasteiger partial charge in [-0.05, 0) is 12.0 Å². The van der Waals surface area contributed by atoms with Crippen molar-refractivity contribution in [3.05, 3.63) is 48.6 Å². The van der Waals surface area contributed by atoms with Crippen LogP contribution in [0.5, 0.6) is 0 Å². The van der Waals surface area contributed by atoms with Gasteiger partial charge in [-0.2, -0.15) is 0 Å². The van der Waals surface area contributed by atoms with Gasteiger partial charge in [0, 0.05) is 25.7 Å². The molecule has 0 aromatic heterocycles. The van der Waals surface area contributed by atoms with E-state index in [-0.39, 0.29) is 6.17 Å². The Balaban J connectivity index is 2.04. The van der Waals surface area contributed by atoms with Gasteiger partial charge in [-0.15, -0.1) is 6.58 Å². The van der Waals surface area contributed by atoms with Crippen molar-refractivity contribution in [3.8, 4) is 0 Å². The van der Waals surface area contributed by atoms with E-state index in [1.807, 2.05) is 6.08 Å². The van der Waals surface area contributed by atoms with E-state index in [1.165, 1.54) is 5.56 Å². The van der Waals surface area contributed by atoms with Crippen molar-refractivity contribution in [1.29, 1.82) is 0 Å². The zero-order chi connectivity index (χ0) is 12.1. The Morgan fingerprint density at radius 1 is 1.47 bits per heavy atom. The SMILES string of the molecule is C=CC(N)N1CCNCC1Cc1ccccc1. The van der Waals surface area contributed by atoms with Crippen LogP contribution in [-0.2, 0) is 6.42 Å². The summed E-state index contributed by atoms with van der Waals surface area (Å²) in [5, 5.41) is 3.43. The van der Waals surface area contributed by atoms with Gasteiger partial charge < -0.3 is 11.1 Å². The Kier molecular flexibility index (Phi) is 4.31. The second kappa shape index (κ2) is 5.96. The molecule has 17 heavy (non-hydrogen) atoms. The molecule has 2 atom stereocenters. The molecule has 0 bridgehead atoms. The lowest BCUT2D eigenvalue weighted by atomic mass is 10.0. The lowest BCUT2D eigenvalue weighted by molar-refractivity contribution is 0.131. The number of nitrogens with one attached hydrogen (secondary N) is 1. The van der Waals surface area contributed by atoms with Crippen LogP contribution in [0.3, 0.4) is 0 Å². The molecule has 1 saturated heterocycles. The fraction of sp³-hybridized carbons (Fsp3) is 0.429. The lowest BCUT2D eigenvalue weighted by Gasteiger charge is -2.39. The van der Waals surface area contributed by atoms with Crippen molar-refractivity contribution < 1.29 is 0 Å². The van der Waals surface area contributed by atoms with Crippen LogP contribution in [0.4, 0.5) is 0 Å². The van der Waals surface area contributed by atoms with Gasteiger partial charge in [0.25, 0.3) is 0 Å². The van der Waals surface area contributed by atoms with Gasteiger partial charge in [0.15, 0.2) is 0 Å². The molecule has 1 fully saturated rings. The summed E-state index contributed by atoms with van der Waals surface area (Å²) in [4.78, 5) is 2.33. The third-order valence-corrected chi connectivity index (χ3v) is 3.33. The molecule has 3 nitrogen and oxygen atoms in total. The molecule has 2 unspecified atom stereocenters. The van der Waals surface area contributed by atoms with Gasteiger partial charge in [-0.3, -0.25) is 4.90 Å². The average Bonchev–Trinajstić information content (AvgIpc) is 2.40. The van der Waals surface area contributed by atoms with Crippen LogP contribution in [-0.4, -0.2) is 36.7 Å². The Morgan fingerprint density at radius 3 is 2.94 bits per heavy atom. The van der Waals surface area contributed by atoms with Crippen molar-refractivity contribution in [1.82, 2.24) is 10.2 Å². The van der Waals surface area contributed by atoms with Crippen molar-refractivity contribution in [2.24, 2.45) is 5.73 Å². The van der Waals surface area contributed by atoms with Crippen LogP contribution < -0.4 is 11.1 Å². The van der Waals surface area contributed by atoms with Crippen LogP contribution in [0.25, 0.3) is 0 Å². The number of hydrogen-bond acceptors (Lipinski definition) is 3. The van der Waals surface area contributed by atoms with Gasteiger partial charge in [0.2, 0.25) is 0 Å². The highest BCUT2D eigenvalue weighted by Crippen LogP contribution is 2.12. The normalized spacial score (nSPS) is 23.2. The van der Waals surface area contributed by atoms with E-state index in [2.05, 4.69) is 47.1 Å². The quantitative estimate of drug-likeness (QED) is 0.759. The monoisotopic (exact) mass is 231 g/mol. The number of nitrogens with two attached hydrogens (primary N) is 1. The number of hydrogen-bond donors (Lipinski definition) is 2. The van der Waals surface area contributed by atoms with Crippen molar-refractivity contribution >= 4 is 0 Å². The average molecular weight is 231 g/mol. The predicted octanol–water partition coefficient (Wildman–Crippen LogP) is 0.974. The first-order valence-corrected chi connectivity index (χ1v) is 6.20. The van der Waals surface area contributed by atoms with Crippen LogP contribution in [0.15, 0.2) is 43.0 Å². The second-order valence-electron chi connectivity index (χ2n) is 4.51. The first-order chi connectivity index (χ1) is 8.31. The summed E-state index contributed by atoms with van der Waals surface area (Å²) in [6.07, 6.45) is 2.82. The van der Waals surface area contributed by atoms with Gasteiger partial charge in [-0.1, -0.05) is 36.4 Å². The highest BCUT2D eigenvalue weighted by atomic mass is 15.3. The number of nitrogens with zero attached hydrogens (tertiary/aromatic N) is 1. The molecule has 1 aliphatic heterocycles. The Bertz CT molecular complexity index is 350. The van der Waals surface area contributed by atoms with Crippen LogP contribution in [0.1, 0.15) is 5.56 Å². The van der Waals surface area contributed by atoms with E-state index in [4.69, 9.17) is 5.73 Å². The van der Waals surface area contributed by atoms with Crippen molar-refractivity contribution in [2.75, 3.05) is 19.6 Å². The molecule has 0 aliphatic carbocycles. The molecule has 1 aliphatic rings. The summed E-state index contributed by atoms with van der Waals surface area (Å²) in [5.41, 5.74) is 7.44. The van der Waals surface area contributed by atoms with Gasteiger partial charge >= 0.3 is 0 Å². The van der Waals surface area contributed by atoms with E-state index in [0.29, 0.717) is 6.04 Å². The molecule has 0 spiro atoms. The molecule has 0 radical (unpaired) electrons. The van der Waals surface area contributed by atoms with E-state index in [0.717, 1.165) is 26.1 Å². The second-order valence-corrected chi connectivity index (χ2v) is 4.51. The maximum absolute atomic E-state index is 6.07. The predicted molar refractivity (Wildman–Crippen MR) is 71.7 cm³/mol. The topological polar surface area (TPSA) is 41.3 Å². The molecule has 1 heterocycles. The zero-order valence-electron chi connectivity index (χ0n) is 10.2. The van der Waals surface area contributed by atoms with E-state index in [1.54, 1.807) is 0 Å². The van der Waals surface area contributed by atoms with Crippen LogP contribution >= 0.6 is 0 Å². The first kappa shape index (κ1) is 12.3. The van der Waals surface area contributed by atoms with E-state index < -0.39 is 0 Å². The maximum atomic E-state index is 6.07. The van der Waals surface area contributed by atoms with Crippen LogP contribution in [0.2, 0.25) is 0 Å². The Morgan fingerprint density at radius 2 is 2.24 bits per heavy atom. The number of benzene rings is 1. The standard InChI is InChI=1S/C14H21N3/c1-2-14(15)17-9-8-16-11-13(17)10-12-6-4-3-5-7-12/h2-7,13-14,16H,1,8-11,15H2. The molecule has 2 rings (SSSR count). The fourth-order valence-electron chi connectivity index (χ4n) is 2.38. The number of rotatable bonds is 4. The molecular formula is C14H21N3. The minimum Gasteiger partial charge on any atom is -0.314 e. The molecule has 0 saturated carbocycles. The summed E-state index contributed by atoms with van der Waals surface area (Å²) >= 11 is 0. The molecule has 92 valence electrons. The molecule has 3 N–H and O–H groups in total.